The van der Waals surface area contributed by atoms with Crippen LogP contribution in [0.3, 0.4) is 0 Å². The van der Waals surface area contributed by atoms with E-state index in [1.807, 2.05) is 31.2 Å². The molecule has 3 unspecified atom stereocenters. The summed E-state index contributed by atoms with van der Waals surface area (Å²) in [6.45, 7) is 5.72. The lowest BCUT2D eigenvalue weighted by molar-refractivity contribution is -0.108. The van der Waals surface area contributed by atoms with E-state index in [0.717, 1.165) is 60.8 Å². The molecule has 0 aliphatic carbocycles. The van der Waals surface area contributed by atoms with Gasteiger partial charge in [0, 0.05) is 31.0 Å². The van der Waals surface area contributed by atoms with Crippen LogP contribution < -0.4 is 4.74 Å². The molecule has 2 N–H and O–H groups in total. The van der Waals surface area contributed by atoms with Gasteiger partial charge in [0.05, 0.1) is 24.9 Å². The number of rotatable bonds is 8. The number of hydrogen-bond acceptors (Lipinski definition) is 5. The Morgan fingerprint density at radius 2 is 1.85 bits per heavy atom. The fraction of sp³-hybridized carbons (Fsp3) is 0.556. The topological polar surface area (TPSA) is 62.2 Å². The zero-order chi connectivity index (χ0) is 23.2. The first-order valence-corrected chi connectivity index (χ1v) is 12.6. The number of piperidine rings is 1. The molecule has 2 aromatic rings. The first-order chi connectivity index (χ1) is 16.0. The predicted molar refractivity (Wildman–Crippen MR) is 131 cm³/mol. The van der Waals surface area contributed by atoms with Crippen molar-refractivity contribution in [3.05, 3.63) is 64.2 Å². The van der Waals surface area contributed by atoms with Gasteiger partial charge < -0.3 is 24.6 Å². The molecular weight excluding hydrogens is 438 g/mol. The maximum absolute atomic E-state index is 10.6. The number of aliphatic hydroxyl groups excluding tert-OH is 2. The molecule has 0 spiro atoms. The van der Waals surface area contributed by atoms with Gasteiger partial charge in [0.1, 0.15) is 5.75 Å². The summed E-state index contributed by atoms with van der Waals surface area (Å²) in [6, 6.07) is 14.2. The molecule has 2 saturated heterocycles. The predicted octanol–water partition coefficient (Wildman–Crippen LogP) is 4.61. The van der Waals surface area contributed by atoms with E-state index in [-0.39, 0.29) is 24.9 Å². The molecule has 4 rings (SSSR count). The van der Waals surface area contributed by atoms with E-state index in [1.165, 1.54) is 5.56 Å². The minimum atomic E-state index is -0.367. The second-order valence-electron chi connectivity index (χ2n) is 9.40. The molecule has 0 saturated carbocycles. The molecule has 2 aliphatic rings. The lowest BCUT2D eigenvalue weighted by atomic mass is 9.93. The maximum atomic E-state index is 10.6. The Hall–Kier alpha value is -1.63. The van der Waals surface area contributed by atoms with E-state index in [1.54, 1.807) is 0 Å². The summed E-state index contributed by atoms with van der Waals surface area (Å²) in [4.78, 5) is 2.41. The average Bonchev–Trinajstić information content (AvgIpc) is 2.82. The molecular formula is C27H36ClNO4. The van der Waals surface area contributed by atoms with Crippen LogP contribution in [0.5, 0.6) is 5.75 Å². The van der Waals surface area contributed by atoms with Crippen molar-refractivity contribution < 1.29 is 19.7 Å². The van der Waals surface area contributed by atoms with Crippen molar-refractivity contribution in [2.24, 2.45) is 5.92 Å². The van der Waals surface area contributed by atoms with Crippen molar-refractivity contribution in [2.45, 2.75) is 57.3 Å². The van der Waals surface area contributed by atoms with Crippen molar-refractivity contribution in [1.29, 1.82) is 0 Å². The molecule has 0 amide bonds. The first kappa shape index (κ1) is 24.5. The number of hydrogen-bond donors (Lipinski definition) is 2. The Labute approximate surface area is 202 Å². The highest BCUT2D eigenvalue weighted by Crippen LogP contribution is 2.34. The average molecular weight is 474 g/mol. The highest BCUT2D eigenvalue weighted by atomic mass is 35.5. The zero-order valence-electron chi connectivity index (χ0n) is 19.5. The lowest BCUT2D eigenvalue weighted by Crippen LogP contribution is -2.43. The number of ether oxygens (including phenoxy) is 2. The van der Waals surface area contributed by atoms with Gasteiger partial charge in [0.15, 0.2) is 0 Å². The fourth-order valence-electron chi connectivity index (χ4n) is 4.98. The Balaban J connectivity index is 1.41. The maximum Gasteiger partial charge on any atom is 0.119 e. The highest BCUT2D eigenvalue weighted by Gasteiger charge is 2.31. The van der Waals surface area contributed by atoms with Gasteiger partial charge in [-0.15, -0.1) is 0 Å². The van der Waals surface area contributed by atoms with E-state index in [4.69, 9.17) is 21.1 Å². The van der Waals surface area contributed by atoms with Crippen LogP contribution in [0.4, 0.5) is 0 Å². The second kappa shape index (κ2) is 11.7. The van der Waals surface area contributed by atoms with Crippen molar-refractivity contribution in [3.63, 3.8) is 0 Å². The van der Waals surface area contributed by atoms with Crippen LogP contribution in [0.25, 0.3) is 0 Å². The Morgan fingerprint density at radius 1 is 1.09 bits per heavy atom. The molecule has 2 aromatic carbocycles. The normalized spacial score (nSPS) is 24.7. The van der Waals surface area contributed by atoms with Gasteiger partial charge in [-0.05, 0) is 80.1 Å². The standard InChI is InChI=1S/C27H36ClNO4/c1-2-32-24-6-3-19(4-7-24)13-22-14-21(5-8-26(22)28)27-16-23(31)15-25(33-27)17-29-11-9-20(18-30)10-12-29/h3-8,14,20,23,25,27,30-31H,2,9-13,15-18H2,1H3. The number of likely N-dealkylation sites (tertiary alicyclic amines) is 1. The minimum Gasteiger partial charge on any atom is -0.494 e. The zero-order valence-corrected chi connectivity index (χ0v) is 20.2. The summed E-state index contributed by atoms with van der Waals surface area (Å²) < 4.78 is 12.0. The number of benzene rings is 2. The Kier molecular flexibility index (Phi) is 8.67. The molecule has 2 aliphatic heterocycles. The van der Waals surface area contributed by atoms with Gasteiger partial charge in [0.2, 0.25) is 0 Å². The SMILES string of the molecule is CCOc1ccc(Cc2cc(C3CC(O)CC(CN4CCC(CO)CC4)O3)ccc2Cl)cc1. The van der Waals surface area contributed by atoms with Gasteiger partial charge in [-0.2, -0.15) is 0 Å². The van der Waals surface area contributed by atoms with Crippen LogP contribution >= 0.6 is 11.6 Å². The van der Waals surface area contributed by atoms with Crippen LogP contribution in [-0.2, 0) is 11.2 Å². The molecule has 2 heterocycles. The number of nitrogens with zero attached hydrogens (tertiary/aromatic N) is 1. The quantitative estimate of drug-likeness (QED) is 0.586. The van der Waals surface area contributed by atoms with Crippen LogP contribution in [0.2, 0.25) is 5.02 Å². The fourth-order valence-corrected chi connectivity index (χ4v) is 5.17. The molecule has 6 heteroatoms. The summed E-state index contributed by atoms with van der Waals surface area (Å²) >= 11 is 6.54. The summed E-state index contributed by atoms with van der Waals surface area (Å²) in [6.07, 6.45) is 3.57. The molecule has 2 fully saturated rings. The third-order valence-electron chi connectivity index (χ3n) is 6.88. The Morgan fingerprint density at radius 3 is 2.55 bits per heavy atom. The summed E-state index contributed by atoms with van der Waals surface area (Å²) in [5.41, 5.74) is 3.30. The molecule has 0 radical (unpaired) electrons. The Bertz CT molecular complexity index is 882. The van der Waals surface area contributed by atoms with E-state index in [2.05, 4.69) is 23.1 Å². The van der Waals surface area contributed by atoms with Crippen LogP contribution in [0, 0.1) is 5.92 Å². The van der Waals surface area contributed by atoms with Crippen molar-refractivity contribution in [1.82, 2.24) is 4.90 Å². The van der Waals surface area contributed by atoms with Crippen LogP contribution in [-0.4, -0.2) is 60.2 Å². The molecule has 5 nitrogen and oxygen atoms in total. The van der Waals surface area contributed by atoms with E-state index >= 15 is 0 Å². The van der Waals surface area contributed by atoms with E-state index < -0.39 is 0 Å². The van der Waals surface area contributed by atoms with Crippen molar-refractivity contribution in [3.8, 4) is 5.75 Å². The summed E-state index contributed by atoms with van der Waals surface area (Å²) in [5.74, 6) is 1.30. The highest BCUT2D eigenvalue weighted by molar-refractivity contribution is 6.31. The molecule has 3 atom stereocenters. The third-order valence-corrected chi connectivity index (χ3v) is 7.24. The second-order valence-corrected chi connectivity index (χ2v) is 9.81. The molecule has 0 bridgehead atoms. The van der Waals surface area contributed by atoms with Crippen molar-refractivity contribution >= 4 is 11.6 Å². The van der Waals surface area contributed by atoms with Gasteiger partial charge >= 0.3 is 0 Å². The smallest absolute Gasteiger partial charge is 0.119 e. The monoisotopic (exact) mass is 473 g/mol. The van der Waals surface area contributed by atoms with Crippen molar-refractivity contribution in [2.75, 3.05) is 32.8 Å². The third kappa shape index (κ3) is 6.71. The van der Waals surface area contributed by atoms with E-state index in [9.17, 15) is 10.2 Å². The molecule has 180 valence electrons. The lowest BCUT2D eigenvalue weighted by Gasteiger charge is -2.38. The largest absolute Gasteiger partial charge is 0.494 e. The number of halogens is 1. The van der Waals surface area contributed by atoms with Crippen LogP contribution in [0.15, 0.2) is 42.5 Å². The minimum absolute atomic E-state index is 0.00895. The van der Waals surface area contributed by atoms with Gasteiger partial charge in [-0.25, -0.2) is 0 Å². The molecule has 33 heavy (non-hydrogen) atoms. The molecule has 0 aromatic heterocycles. The summed E-state index contributed by atoms with van der Waals surface area (Å²) in [5, 5.41) is 20.7. The number of aliphatic hydroxyl groups is 2. The summed E-state index contributed by atoms with van der Waals surface area (Å²) in [7, 11) is 0. The van der Waals surface area contributed by atoms with Crippen LogP contribution in [0.1, 0.15) is 55.4 Å². The first-order valence-electron chi connectivity index (χ1n) is 12.2. The van der Waals surface area contributed by atoms with Gasteiger partial charge in [0.25, 0.3) is 0 Å². The van der Waals surface area contributed by atoms with E-state index in [0.29, 0.717) is 25.4 Å². The van der Waals surface area contributed by atoms with Gasteiger partial charge in [-0.3, -0.25) is 0 Å². The van der Waals surface area contributed by atoms with Gasteiger partial charge in [-0.1, -0.05) is 35.9 Å².